The number of hydrogen-bond donors (Lipinski definition) is 1. The van der Waals surface area contributed by atoms with Gasteiger partial charge in [0.15, 0.2) is 5.96 Å². The van der Waals surface area contributed by atoms with Gasteiger partial charge < -0.3 is 10.2 Å². The Balaban J connectivity index is 2.11. The second-order valence-corrected chi connectivity index (χ2v) is 4.99. The first kappa shape index (κ1) is 12.3. The Morgan fingerprint density at radius 1 is 1.32 bits per heavy atom. The van der Waals surface area contributed by atoms with Crippen molar-refractivity contribution in [2.75, 3.05) is 24.5 Å². The Morgan fingerprint density at radius 2 is 2.16 bits per heavy atom. The number of nitrogens with zero attached hydrogens (tertiary/aromatic N) is 4. The quantitative estimate of drug-likeness (QED) is 0.921. The molecule has 19 heavy (non-hydrogen) atoms. The summed E-state index contributed by atoms with van der Waals surface area (Å²) in [6, 6.07) is 4.04. The van der Waals surface area contributed by atoms with Crippen LogP contribution in [-0.2, 0) is 0 Å². The minimum atomic E-state index is 0.830. The van der Waals surface area contributed by atoms with Crippen LogP contribution in [0.25, 0.3) is 11.0 Å². The van der Waals surface area contributed by atoms with E-state index in [0.717, 1.165) is 46.8 Å². The number of hydrogen-bond acceptors (Lipinski definition) is 5. The lowest BCUT2D eigenvalue weighted by molar-refractivity contribution is 0.936. The largest absolute Gasteiger partial charge is 0.354 e. The van der Waals surface area contributed by atoms with Gasteiger partial charge in [-0.1, -0.05) is 0 Å². The molecular formula is C13H14BrN5. The van der Waals surface area contributed by atoms with Crippen LogP contribution in [-0.4, -0.2) is 35.6 Å². The van der Waals surface area contributed by atoms with E-state index in [2.05, 4.69) is 48.0 Å². The summed E-state index contributed by atoms with van der Waals surface area (Å²) in [6.45, 7) is 4.68. The molecule has 2 heterocycles. The van der Waals surface area contributed by atoms with E-state index < -0.39 is 0 Å². The zero-order chi connectivity index (χ0) is 13.2. The number of rotatable bonds is 2. The minimum Gasteiger partial charge on any atom is -0.354 e. The summed E-state index contributed by atoms with van der Waals surface area (Å²) in [5, 5.41) is 3.30. The van der Waals surface area contributed by atoms with Gasteiger partial charge in [-0.25, -0.2) is 0 Å². The van der Waals surface area contributed by atoms with Gasteiger partial charge in [-0.3, -0.25) is 15.0 Å². The number of fused-ring (bicyclic) bond motifs is 1. The second-order valence-electron chi connectivity index (χ2n) is 4.20. The van der Waals surface area contributed by atoms with Crippen LogP contribution in [0.2, 0.25) is 0 Å². The van der Waals surface area contributed by atoms with Gasteiger partial charge in [-0.15, -0.1) is 0 Å². The molecule has 1 aliphatic heterocycles. The highest BCUT2D eigenvalue weighted by molar-refractivity contribution is 9.10. The normalized spacial score (nSPS) is 14.3. The van der Waals surface area contributed by atoms with E-state index in [4.69, 9.17) is 0 Å². The van der Waals surface area contributed by atoms with Gasteiger partial charge in [-0.05, 0) is 35.0 Å². The maximum Gasteiger partial charge on any atom is 0.198 e. The highest BCUT2D eigenvalue weighted by atomic mass is 79.9. The molecule has 1 aromatic carbocycles. The zero-order valence-electron chi connectivity index (χ0n) is 10.6. The summed E-state index contributed by atoms with van der Waals surface area (Å²) in [7, 11) is 0. The fourth-order valence-corrected chi connectivity index (χ4v) is 2.85. The molecule has 0 unspecified atom stereocenters. The summed E-state index contributed by atoms with van der Waals surface area (Å²) >= 11 is 3.64. The van der Waals surface area contributed by atoms with Gasteiger partial charge >= 0.3 is 0 Å². The van der Waals surface area contributed by atoms with Gasteiger partial charge in [0.1, 0.15) is 5.52 Å². The van der Waals surface area contributed by atoms with Crippen molar-refractivity contribution in [1.29, 1.82) is 0 Å². The number of nitrogens with one attached hydrogen (secondary N) is 1. The van der Waals surface area contributed by atoms with E-state index in [1.165, 1.54) is 0 Å². The topological polar surface area (TPSA) is 53.4 Å². The third-order valence-corrected chi connectivity index (χ3v) is 3.86. The van der Waals surface area contributed by atoms with E-state index >= 15 is 0 Å². The Labute approximate surface area is 119 Å². The highest BCUT2D eigenvalue weighted by Gasteiger charge is 2.18. The van der Waals surface area contributed by atoms with Crippen LogP contribution < -0.4 is 10.2 Å². The van der Waals surface area contributed by atoms with Crippen molar-refractivity contribution in [3.63, 3.8) is 0 Å². The van der Waals surface area contributed by atoms with Crippen LogP contribution in [0.1, 0.15) is 6.92 Å². The van der Waals surface area contributed by atoms with Gasteiger partial charge in [0.05, 0.1) is 22.2 Å². The lowest BCUT2D eigenvalue weighted by Crippen LogP contribution is -2.38. The number of anilines is 1. The number of aliphatic imine (C=N–C) groups is 1. The first-order valence-corrected chi connectivity index (χ1v) is 7.05. The Hall–Kier alpha value is -1.69. The van der Waals surface area contributed by atoms with Gasteiger partial charge in [-0.2, -0.15) is 0 Å². The maximum absolute atomic E-state index is 4.48. The van der Waals surface area contributed by atoms with Crippen molar-refractivity contribution in [3.8, 4) is 0 Å². The summed E-state index contributed by atoms with van der Waals surface area (Å²) in [5.74, 6) is 0.923. The zero-order valence-corrected chi connectivity index (χ0v) is 12.2. The van der Waals surface area contributed by atoms with Crippen LogP contribution in [0.4, 0.5) is 5.69 Å². The predicted molar refractivity (Wildman–Crippen MR) is 80.6 cm³/mol. The summed E-state index contributed by atoms with van der Waals surface area (Å²) in [4.78, 5) is 15.3. The molecule has 98 valence electrons. The van der Waals surface area contributed by atoms with Crippen molar-refractivity contribution in [2.24, 2.45) is 4.99 Å². The van der Waals surface area contributed by atoms with E-state index in [0.29, 0.717) is 0 Å². The van der Waals surface area contributed by atoms with Crippen molar-refractivity contribution in [3.05, 3.63) is 29.0 Å². The van der Waals surface area contributed by atoms with Crippen LogP contribution in [0, 0.1) is 0 Å². The molecule has 1 N–H and O–H groups in total. The molecule has 6 heteroatoms. The number of guanidine groups is 1. The molecule has 0 amide bonds. The molecule has 2 aromatic rings. The monoisotopic (exact) mass is 319 g/mol. The molecular weight excluding hydrogens is 306 g/mol. The average Bonchev–Trinajstić information content (AvgIpc) is 2.96. The first-order chi connectivity index (χ1) is 9.31. The third kappa shape index (κ3) is 2.16. The standard InChI is InChI=1S/C13H14BrN5/c1-2-19(13-17-7-8-18-13)10-4-3-9-12(11(10)14)16-6-5-15-9/h3-6H,2,7-8H2,1H3,(H,17,18). The lowest BCUT2D eigenvalue weighted by Gasteiger charge is -2.24. The fraction of sp³-hybridized carbons (Fsp3) is 0.308. The molecule has 0 radical (unpaired) electrons. The molecule has 1 aliphatic rings. The van der Waals surface area contributed by atoms with Crippen LogP contribution in [0.3, 0.4) is 0 Å². The average molecular weight is 320 g/mol. The van der Waals surface area contributed by atoms with Crippen molar-refractivity contribution in [2.45, 2.75) is 6.92 Å². The molecule has 1 aromatic heterocycles. The third-order valence-electron chi connectivity index (χ3n) is 3.08. The molecule has 3 rings (SSSR count). The second kappa shape index (κ2) is 5.13. The smallest absolute Gasteiger partial charge is 0.198 e. The summed E-state index contributed by atoms with van der Waals surface area (Å²) in [6.07, 6.45) is 3.41. The molecule has 0 saturated carbocycles. The summed E-state index contributed by atoms with van der Waals surface area (Å²) in [5.41, 5.74) is 2.82. The number of benzene rings is 1. The molecule has 5 nitrogen and oxygen atoms in total. The SMILES string of the molecule is CCN(C1=NCCN1)c1ccc2nccnc2c1Br. The Kier molecular flexibility index (Phi) is 3.33. The van der Waals surface area contributed by atoms with Crippen molar-refractivity contribution >= 4 is 38.6 Å². The Bertz CT molecular complexity index is 640. The number of halogens is 1. The molecule has 0 atom stereocenters. The predicted octanol–water partition coefficient (Wildman–Crippen LogP) is 2.18. The minimum absolute atomic E-state index is 0.830. The molecule has 0 aliphatic carbocycles. The highest BCUT2D eigenvalue weighted by Crippen LogP contribution is 2.32. The van der Waals surface area contributed by atoms with E-state index in [1.807, 2.05) is 12.1 Å². The lowest BCUT2D eigenvalue weighted by atomic mass is 10.2. The van der Waals surface area contributed by atoms with Gasteiger partial charge in [0, 0.05) is 25.5 Å². The molecule has 0 spiro atoms. The van der Waals surface area contributed by atoms with Crippen LogP contribution >= 0.6 is 15.9 Å². The van der Waals surface area contributed by atoms with Gasteiger partial charge in [0.2, 0.25) is 0 Å². The van der Waals surface area contributed by atoms with Crippen LogP contribution in [0.5, 0.6) is 0 Å². The van der Waals surface area contributed by atoms with Gasteiger partial charge in [0.25, 0.3) is 0 Å². The molecule has 0 saturated heterocycles. The van der Waals surface area contributed by atoms with Crippen molar-refractivity contribution < 1.29 is 0 Å². The van der Waals surface area contributed by atoms with E-state index in [1.54, 1.807) is 12.4 Å². The van der Waals surface area contributed by atoms with Crippen LogP contribution in [0.15, 0.2) is 34.0 Å². The Morgan fingerprint density at radius 3 is 2.89 bits per heavy atom. The molecule has 0 bridgehead atoms. The van der Waals surface area contributed by atoms with Crippen molar-refractivity contribution in [1.82, 2.24) is 15.3 Å². The maximum atomic E-state index is 4.48. The molecule has 0 fully saturated rings. The summed E-state index contributed by atoms with van der Waals surface area (Å²) < 4.78 is 0.955. The fourth-order valence-electron chi connectivity index (χ4n) is 2.20. The number of aromatic nitrogens is 2. The first-order valence-electron chi connectivity index (χ1n) is 6.26. The van der Waals surface area contributed by atoms with E-state index in [-0.39, 0.29) is 0 Å². The van der Waals surface area contributed by atoms with E-state index in [9.17, 15) is 0 Å².